The van der Waals surface area contributed by atoms with Crippen LogP contribution in [0.3, 0.4) is 0 Å². The summed E-state index contributed by atoms with van der Waals surface area (Å²) in [5, 5.41) is 0. The quantitative estimate of drug-likeness (QED) is 0.383. The fourth-order valence-electron chi connectivity index (χ4n) is 4.15. The second kappa shape index (κ2) is 11.2. The molecule has 0 saturated heterocycles. The Hall–Kier alpha value is -3.09. The number of esters is 1. The third-order valence-electron chi connectivity index (χ3n) is 6.08. The van der Waals surface area contributed by atoms with Crippen molar-refractivity contribution in [2.45, 2.75) is 60.5 Å². The van der Waals surface area contributed by atoms with Gasteiger partial charge in [0.05, 0.1) is 20.3 Å². The number of hydrogen-bond acceptors (Lipinski definition) is 5. The summed E-state index contributed by atoms with van der Waals surface area (Å²) < 4.78 is 12.0. The van der Waals surface area contributed by atoms with Gasteiger partial charge in [-0.25, -0.2) is 4.79 Å². The van der Waals surface area contributed by atoms with Gasteiger partial charge in [0.25, 0.3) is 5.91 Å². The molecule has 2 aromatic rings. The predicted octanol–water partition coefficient (Wildman–Crippen LogP) is 4.68. The summed E-state index contributed by atoms with van der Waals surface area (Å²) in [5.41, 5.74) is 2.59. The van der Waals surface area contributed by atoms with E-state index in [1.54, 1.807) is 54.7 Å². The van der Waals surface area contributed by atoms with Crippen LogP contribution < -0.4 is 4.74 Å². The van der Waals surface area contributed by atoms with Crippen LogP contribution in [0.1, 0.15) is 76.6 Å². The first-order valence-corrected chi connectivity index (χ1v) is 11.4. The van der Waals surface area contributed by atoms with Crippen LogP contribution in [0.4, 0.5) is 0 Å². The van der Waals surface area contributed by atoms with Gasteiger partial charge >= 0.3 is 5.97 Å². The van der Waals surface area contributed by atoms with Crippen LogP contribution in [-0.4, -0.2) is 53.9 Å². The van der Waals surface area contributed by atoms with Crippen molar-refractivity contribution in [2.24, 2.45) is 5.92 Å². The normalized spacial score (nSPS) is 11.9. The molecule has 1 unspecified atom stereocenters. The number of carbonyl (C=O) groups excluding carboxylic acids is 3. The molecule has 0 N–H and O–H groups in total. The monoisotopic (exact) mass is 456 g/mol. The van der Waals surface area contributed by atoms with Gasteiger partial charge in [0.2, 0.25) is 0 Å². The van der Waals surface area contributed by atoms with Crippen LogP contribution in [-0.2, 0) is 11.3 Å². The number of nitrogens with zero attached hydrogens (tertiary/aromatic N) is 2. The van der Waals surface area contributed by atoms with E-state index in [0.29, 0.717) is 52.8 Å². The second-order valence-electron chi connectivity index (χ2n) is 8.62. The van der Waals surface area contributed by atoms with Crippen molar-refractivity contribution in [3.8, 4) is 5.75 Å². The zero-order chi connectivity index (χ0) is 24.9. The van der Waals surface area contributed by atoms with E-state index in [9.17, 15) is 14.4 Å². The third-order valence-corrected chi connectivity index (χ3v) is 6.08. The first kappa shape index (κ1) is 26.2. The highest BCUT2D eigenvalue weighted by molar-refractivity contribution is 6.07. The van der Waals surface area contributed by atoms with Crippen LogP contribution in [0.5, 0.6) is 5.75 Å². The van der Waals surface area contributed by atoms with Gasteiger partial charge < -0.3 is 18.9 Å². The molecule has 0 aliphatic carbocycles. The standard InChI is InChI=1S/C26H36N2O5/c1-9-27-18(5)22(17(4)23(27)26(31)33-8)24(29)19(6)28(14-13-16(2)3)25(30)20-11-10-12-21(15-20)32-7/h10-12,15-16,19H,9,13-14H2,1-8H3. The van der Waals surface area contributed by atoms with Crippen LogP contribution in [0.15, 0.2) is 24.3 Å². The van der Waals surface area contributed by atoms with Crippen LogP contribution in [0.2, 0.25) is 0 Å². The van der Waals surface area contributed by atoms with Gasteiger partial charge in [-0.2, -0.15) is 0 Å². The zero-order valence-electron chi connectivity index (χ0n) is 21.0. The lowest BCUT2D eigenvalue weighted by atomic mass is 9.98. The van der Waals surface area contributed by atoms with E-state index in [2.05, 4.69) is 13.8 Å². The number of ether oxygens (including phenoxy) is 2. The number of carbonyl (C=O) groups is 3. The first-order chi connectivity index (χ1) is 15.6. The number of hydrogen-bond donors (Lipinski definition) is 0. The lowest BCUT2D eigenvalue weighted by molar-refractivity contribution is 0.0586. The largest absolute Gasteiger partial charge is 0.497 e. The maximum Gasteiger partial charge on any atom is 0.354 e. The number of aromatic nitrogens is 1. The number of methoxy groups -OCH3 is 2. The van der Waals surface area contributed by atoms with E-state index in [0.717, 1.165) is 6.42 Å². The molecule has 0 fully saturated rings. The molecular weight excluding hydrogens is 420 g/mol. The lowest BCUT2D eigenvalue weighted by Gasteiger charge is -2.29. The minimum Gasteiger partial charge on any atom is -0.497 e. The van der Waals surface area contributed by atoms with Gasteiger partial charge in [0, 0.05) is 29.9 Å². The highest BCUT2D eigenvalue weighted by Gasteiger charge is 2.33. The maximum atomic E-state index is 13.7. The first-order valence-electron chi connectivity index (χ1n) is 11.4. The highest BCUT2D eigenvalue weighted by atomic mass is 16.5. The van der Waals surface area contributed by atoms with Crippen molar-refractivity contribution in [2.75, 3.05) is 20.8 Å². The topological polar surface area (TPSA) is 77.8 Å². The van der Waals surface area contributed by atoms with Crippen LogP contribution in [0, 0.1) is 19.8 Å². The molecule has 0 saturated carbocycles. The van der Waals surface area contributed by atoms with E-state index < -0.39 is 12.0 Å². The van der Waals surface area contributed by atoms with Crippen molar-refractivity contribution in [3.05, 3.63) is 52.3 Å². The molecule has 7 heteroatoms. The number of Topliss-reactive ketones (excluding diaryl/α,β-unsaturated/α-hetero) is 1. The Labute approximate surface area is 196 Å². The molecule has 1 heterocycles. The Morgan fingerprint density at radius 2 is 1.76 bits per heavy atom. The molecule has 0 radical (unpaired) electrons. The van der Waals surface area contributed by atoms with Gasteiger partial charge in [-0.05, 0) is 63.8 Å². The van der Waals surface area contributed by atoms with Gasteiger partial charge in [-0.1, -0.05) is 19.9 Å². The Kier molecular flexibility index (Phi) is 8.85. The molecule has 7 nitrogen and oxygen atoms in total. The Morgan fingerprint density at radius 1 is 1.09 bits per heavy atom. The summed E-state index contributed by atoms with van der Waals surface area (Å²) in [4.78, 5) is 41.3. The summed E-state index contributed by atoms with van der Waals surface area (Å²) in [5.74, 6) is 0.0472. The molecular formula is C26H36N2O5. The molecule has 1 aromatic heterocycles. The minimum atomic E-state index is -0.710. The van der Waals surface area contributed by atoms with E-state index in [-0.39, 0.29) is 11.7 Å². The van der Waals surface area contributed by atoms with Gasteiger partial charge in [-0.3, -0.25) is 9.59 Å². The fourth-order valence-corrected chi connectivity index (χ4v) is 4.15. The molecule has 0 aliphatic rings. The SMILES string of the molecule is CCn1c(C)c(C(=O)C(C)N(CCC(C)C)C(=O)c2cccc(OC)c2)c(C)c1C(=O)OC. The molecule has 180 valence electrons. The summed E-state index contributed by atoms with van der Waals surface area (Å²) in [7, 11) is 2.88. The molecule has 0 bridgehead atoms. The number of benzene rings is 1. The molecule has 0 aliphatic heterocycles. The summed E-state index contributed by atoms with van der Waals surface area (Å²) in [6.45, 7) is 12.4. The maximum absolute atomic E-state index is 13.7. The fraction of sp³-hybridized carbons (Fsp3) is 0.500. The number of amides is 1. The van der Waals surface area contributed by atoms with Crippen molar-refractivity contribution in [1.82, 2.24) is 9.47 Å². The third kappa shape index (κ3) is 5.46. The average molecular weight is 457 g/mol. The molecule has 1 aromatic carbocycles. The Morgan fingerprint density at radius 3 is 2.30 bits per heavy atom. The average Bonchev–Trinajstić information content (AvgIpc) is 3.06. The molecule has 1 atom stereocenters. The summed E-state index contributed by atoms with van der Waals surface area (Å²) in [6, 6.07) is 6.24. The zero-order valence-corrected chi connectivity index (χ0v) is 21.0. The van der Waals surface area contributed by atoms with Crippen molar-refractivity contribution in [3.63, 3.8) is 0 Å². The molecule has 1 amide bonds. The molecule has 2 rings (SSSR count). The summed E-state index contributed by atoms with van der Waals surface area (Å²) >= 11 is 0. The molecule has 0 spiro atoms. The minimum absolute atomic E-state index is 0.192. The molecule has 33 heavy (non-hydrogen) atoms. The smallest absolute Gasteiger partial charge is 0.354 e. The van der Waals surface area contributed by atoms with Gasteiger partial charge in [0.15, 0.2) is 5.78 Å². The Balaban J connectivity index is 2.51. The highest BCUT2D eigenvalue weighted by Crippen LogP contribution is 2.26. The van der Waals surface area contributed by atoms with Crippen molar-refractivity contribution >= 4 is 17.7 Å². The second-order valence-corrected chi connectivity index (χ2v) is 8.62. The number of rotatable bonds is 10. The van der Waals surface area contributed by atoms with E-state index in [1.807, 2.05) is 13.8 Å². The Bertz CT molecular complexity index is 1020. The van der Waals surface area contributed by atoms with Gasteiger partial charge in [-0.15, -0.1) is 0 Å². The van der Waals surface area contributed by atoms with Crippen molar-refractivity contribution < 1.29 is 23.9 Å². The van der Waals surface area contributed by atoms with Crippen molar-refractivity contribution in [1.29, 1.82) is 0 Å². The van der Waals surface area contributed by atoms with Crippen LogP contribution >= 0.6 is 0 Å². The van der Waals surface area contributed by atoms with Crippen LogP contribution in [0.25, 0.3) is 0 Å². The summed E-state index contributed by atoms with van der Waals surface area (Å²) in [6.07, 6.45) is 0.759. The predicted molar refractivity (Wildman–Crippen MR) is 128 cm³/mol. The van der Waals surface area contributed by atoms with E-state index in [4.69, 9.17) is 9.47 Å². The number of ketones is 1. The van der Waals surface area contributed by atoms with E-state index in [1.165, 1.54) is 7.11 Å². The van der Waals surface area contributed by atoms with E-state index >= 15 is 0 Å². The lowest BCUT2D eigenvalue weighted by Crippen LogP contribution is -2.44. The van der Waals surface area contributed by atoms with Gasteiger partial charge in [0.1, 0.15) is 11.4 Å².